The van der Waals surface area contributed by atoms with Crippen LogP contribution in [-0.4, -0.2) is 4.98 Å². The number of aryl methyl sites for hydroxylation is 1. The lowest BCUT2D eigenvalue weighted by molar-refractivity contribution is 1.27. The maximum Gasteiger partial charge on any atom is 0.136 e. The predicted molar refractivity (Wildman–Crippen MR) is 48.6 cm³/mol. The SMILES string of the molecule is Cc1ccnc(Cl)c1C=CC#N. The van der Waals surface area contributed by atoms with Gasteiger partial charge in [0.2, 0.25) is 0 Å². The van der Waals surface area contributed by atoms with Gasteiger partial charge < -0.3 is 0 Å². The van der Waals surface area contributed by atoms with Crippen molar-refractivity contribution >= 4 is 17.7 Å². The van der Waals surface area contributed by atoms with Gasteiger partial charge in [0.1, 0.15) is 5.15 Å². The van der Waals surface area contributed by atoms with Gasteiger partial charge in [-0.05, 0) is 24.6 Å². The summed E-state index contributed by atoms with van der Waals surface area (Å²) in [5.74, 6) is 0. The molecule has 0 unspecified atom stereocenters. The summed E-state index contributed by atoms with van der Waals surface area (Å²) in [4.78, 5) is 3.90. The van der Waals surface area contributed by atoms with E-state index in [0.717, 1.165) is 11.1 Å². The standard InChI is InChI=1S/C9H7ClN2/c1-7-4-6-12-9(10)8(7)3-2-5-11/h2-4,6H,1H3. The van der Waals surface area contributed by atoms with E-state index in [-0.39, 0.29) is 0 Å². The maximum atomic E-state index is 8.31. The van der Waals surface area contributed by atoms with Crippen LogP contribution in [0.3, 0.4) is 0 Å². The Bertz CT molecular complexity index is 330. The second kappa shape index (κ2) is 3.89. The fourth-order valence-electron chi connectivity index (χ4n) is 0.857. The lowest BCUT2D eigenvalue weighted by atomic mass is 10.1. The van der Waals surface area contributed by atoms with Crippen LogP contribution >= 0.6 is 11.6 Å². The lowest BCUT2D eigenvalue weighted by Gasteiger charge is -1.99. The molecule has 3 heteroatoms. The zero-order valence-corrected chi connectivity index (χ0v) is 7.34. The van der Waals surface area contributed by atoms with Crippen molar-refractivity contribution in [2.24, 2.45) is 0 Å². The number of hydrogen-bond donors (Lipinski definition) is 0. The summed E-state index contributed by atoms with van der Waals surface area (Å²) < 4.78 is 0. The minimum Gasteiger partial charge on any atom is -0.244 e. The molecule has 0 saturated carbocycles. The fraction of sp³-hybridized carbons (Fsp3) is 0.111. The van der Waals surface area contributed by atoms with Crippen molar-refractivity contribution in [1.82, 2.24) is 4.98 Å². The van der Waals surface area contributed by atoms with Gasteiger partial charge in [-0.25, -0.2) is 4.98 Å². The highest BCUT2D eigenvalue weighted by Gasteiger charge is 1.99. The molecular formula is C9H7ClN2. The first-order valence-electron chi connectivity index (χ1n) is 3.43. The van der Waals surface area contributed by atoms with Crippen molar-refractivity contribution in [2.75, 3.05) is 0 Å². The molecule has 0 radical (unpaired) electrons. The van der Waals surface area contributed by atoms with Gasteiger partial charge in [0.05, 0.1) is 6.07 Å². The zero-order valence-electron chi connectivity index (χ0n) is 6.58. The Kier molecular flexibility index (Phi) is 2.84. The predicted octanol–water partition coefficient (Wildman–Crippen LogP) is 2.58. The molecule has 0 aliphatic rings. The number of hydrogen-bond acceptors (Lipinski definition) is 2. The van der Waals surface area contributed by atoms with E-state index in [1.807, 2.05) is 19.1 Å². The van der Waals surface area contributed by atoms with E-state index in [9.17, 15) is 0 Å². The smallest absolute Gasteiger partial charge is 0.136 e. The van der Waals surface area contributed by atoms with Crippen molar-refractivity contribution in [3.8, 4) is 6.07 Å². The molecule has 1 aromatic heterocycles. The molecule has 1 rings (SSSR count). The number of pyridine rings is 1. The summed E-state index contributed by atoms with van der Waals surface area (Å²) in [6, 6.07) is 3.75. The van der Waals surface area contributed by atoms with Gasteiger partial charge in [-0.1, -0.05) is 11.6 Å². The number of rotatable bonds is 1. The molecule has 0 saturated heterocycles. The molecule has 0 amide bonds. The molecule has 0 atom stereocenters. The number of allylic oxidation sites excluding steroid dienone is 1. The minimum atomic E-state index is 0.432. The van der Waals surface area contributed by atoms with Crippen LogP contribution in [0.1, 0.15) is 11.1 Å². The van der Waals surface area contributed by atoms with E-state index in [0.29, 0.717) is 5.15 Å². The van der Waals surface area contributed by atoms with Crippen LogP contribution in [0.25, 0.3) is 6.08 Å². The van der Waals surface area contributed by atoms with E-state index < -0.39 is 0 Å². The zero-order chi connectivity index (χ0) is 8.97. The van der Waals surface area contributed by atoms with Crippen molar-refractivity contribution in [1.29, 1.82) is 5.26 Å². The normalized spacial score (nSPS) is 10.1. The highest BCUT2D eigenvalue weighted by Crippen LogP contribution is 2.17. The quantitative estimate of drug-likeness (QED) is 0.490. The monoisotopic (exact) mass is 178 g/mol. The van der Waals surface area contributed by atoms with Crippen LogP contribution in [0.5, 0.6) is 0 Å². The molecule has 1 aromatic rings. The highest BCUT2D eigenvalue weighted by molar-refractivity contribution is 6.30. The second-order valence-corrected chi connectivity index (χ2v) is 2.65. The van der Waals surface area contributed by atoms with Crippen LogP contribution in [0.2, 0.25) is 5.15 Å². The third kappa shape index (κ3) is 1.84. The van der Waals surface area contributed by atoms with Gasteiger partial charge in [-0.2, -0.15) is 5.26 Å². The second-order valence-electron chi connectivity index (χ2n) is 2.29. The maximum absolute atomic E-state index is 8.31. The van der Waals surface area contributed by atoms with E-state index in [2.05, 4.69) is 4.98 Å². The molecule has 0 aliphatic heterocycles. The molecule has 0 aromatic carbocycles. The molecule has 0 spiro atoms. The number of aromatic nitrogens is 1. The van der Waals surface area contributed by atoms with Crippen LogP contribution in [0, 0.1) is 18.3 Å². The topological polar surface area (TPSA) is 36.7 Å². The van der Waals surface area contributed by atoms with E-state index >= 15 is 0 Å². The largest absolute Gasteiger partial charge is 0.244 e. The summed E-state index contributed by atoms with van der Waals surface area (Å²) in [5, 5.41) is 8.74. The van der Waals surface area contributed by atoms with Gasteiger partial charge in [0, 0.05) is 17.8 Å². The Morgan fingerprint density at radius 2 is 2.42 bits per heavy atom. The molecule has 0 fully saturated rings. The Labute approximate surface area is 76.1 Å². The summed E-state index contributed by atoms with van der Waals surface area (Å²) >= 11 is 5.79. The summed E-state index contributed by atoms with van der Waals surface area (Å²) in [7, 11) is 0. The number of nitriles is 1. The average molecular weight is 179 g/mol. The van der Waals surface area contributed by atoms with Gasteiger partial charge >= 0.3 is 0 Å². The van der Waals surface area contributed by atoms with Crippen LogP contribution < -0.4 is 0 Å². The minimum absolute atomic E-state index is 0.432. The Morgan fingerprint density at radius 3 is 3.00 bits per heavy atom. The summed E-state index contributed by atoms with van der Waals surface area (Å²) in [6.45, 7) is 1.92. The lowest BCUT2D eigenvalue weighted by Crippen LogP contribution is -1.84. The molecule has 1 heterocycles. The van der Waals surface area contributed by atoms with Gasteiger partial charge in [0.15, 0.2) is 0 Å². The summed E-state index contributed by atoms with van der Waals surface area (Å²) in [5.41, 5.74) is 1.82. The number of nitrogens with zero attached hydrogens (tertiary/aromatic N) is 2. The van der Waals surface area contributed by atoms with Gasteiger partial charge in [0.25, 0.3) is 0 Å². The van der Waals surface area contributed by atoms with E-state index in [4.69, 9.17) is 16.9 Å². The fourth-order valence-corrected chi connectivity index (χ4v) is 1.13. The van der Waals surface area contributed by atoms with Gasteiger partial charge in [-0.15, -0.1) is 0 Å². The Hall–Kier alpha value is -1.33. The molecule has 0 aliphatic carbocycles. The van der Waals surface area contributed by atoms with Crippen LogP contribution in [-0.2, 0) is 0 Å². The molecule has 0 N–H and O–H groups in total. The van der Waals surface area contributed by atoms with Crippen molar-refractivity contribution in [3.63, 3.8) is 0 Å². The summed E-state index contributed by atoms with van der Waals surface area (Å²) in [6.07, 6.45) is 4.68. The number of halogens is 1. The Morgan fingerprint density at radius 1 is 1.67 bits per heavy atom. The average Bonchev–Trinajstić information content (AvgIpc) is 2.04. The van der Waals surface area contributed by atoms with Crippen LogP contribution in [0.15, 0.2) is 18.3 Å². The van der Waals surface area contributed by atoms with E-state index in [1.165, 1.54) is 6.08 Å². The third-order valence-electron chi connectivity index (χ3n) is 1.48. The van der Waals surface area contributed by atoms with Crippen molar-refractivity contribution in [2.45, 2.75) is 6.92 Å². The molecule has 0 bridgehead atoms. The molecule has 12 heavy (non-hydrogen) atoms. The third-order valence-corrected chi connectivity index (χ3v) is 1.79. The van der Waals surface area contributed by atoms with E-state index in [1.54, 1.807) is 12.3 Å². The molecular weight excluding hydrogens is 172 g/mol. The molecule has 60 valence electrons. The van der Waals surface area contributed by atoms with Crippen LogP contribution in [0.4, 0.5) is 0 Å². The Balaban J connectivity index is 3.15. The van der Waals surface area contributed by atoms with Crippen molar-refractivity contribution in [3.05, 3.63) is 34.6 Å². The first-order valence-corrected chi connectivity index (χ1v) is 3.81. The first-order chi connectivity index (χ1) is 5.75. The van der Waals surface area contributed by atoms with Crippen molar-refractivity contribution < 1.29 is 0 Å². The highest BCUT2D eigenvalue weighted by atomic mass is 35.5. The molecule has 2 nitrogen and oxygen atoms in total. The first kappa shape index (κ1) is 8.76. The van der Waals surface area contributed by atoms with Gasteiger partial charge in [-0.3, -0.25) is 0 Å².